The van der Waals surface area contributed by atoms with E-state index in [0.717, 1.165) is 0 Å². The zero-order valence-electron chi connectivity index (χ0n) is 11.3. The monoisotopic (exact) mass is 265 g/mol. The van der Waals surface area contributed by atoms with Gasteiger partial charge in [-0.15, -0.1) is 0 Å². The second kappa shape index (κ2) is 6.13. The van der Waals surface area contributed by atoms with Crippen LogP contribution < -0.4 is 10.5 Å². The molecule has 0 spiro atoms. The minimum Gasteiger partial charge on any atom is -0.502 e. The SMILES string of the molecule is CC(C)(C)OC(=O)C(O)=CCOc1ccc(N)cc1. The van der Waals surface area contributed by atoms with E-state index in [2.05, 4.69) is 0 Å². The Morgan fingerprint density at radius 3 is 2.42 bits per heavy atom. The summed E-state index contributed by atoms with van der Waals surface area (Å²) in [5, 5.41) is 9.49. The largest absolute Gasteiger partial charge is 0.502 e. The maximum absolute atomic E-state index is 11.4. The molecular formula is C14H19NO4. The number of rotatable bonds is 4. The van der Waals surface area contributed by atoms with Crippen molar-refractivity contribution < 1.29 is 19.4 Å². The highest BCUT2D eigenvalue weighted by Crippen LogP contribution is 2.13. The molecule has 0 saturated heterocycles. The fourth-order valence-electron chi connectivity index (χ4n) is 1.19. The molecule has 0 fully saturated rings. The van der Waals surface area contributed by atoms with Crippen LogP contribution >= 0.6 is 0 Å². The lowest BCUT2D eigenvalue weighted by Gasteiger charge is -2.18. The molecule has 1 aromatic rings. The summed E-state index contributed by atoms with van der Waals surface area (Å²) in [6, 6.07) is 6.81. The number of aliphatic hydroxyl groups excluding tert-OH is 1. The standard InChI is InChI=1S/C14H19NO4/c1-14(2,3)19-13(17)12(16)8-9-18-11-6-4-10(15)5-7-11/h4-8,16H,9,15H2,1-3H3. The molecule has 0 saturated carbocycles. The zero-order chi connectivity index (χ0) is 14.5. The molecule has 0 aliphatic carbocycles. The number of hydrogen-bond donors (Lipinski definition) is 2. The summed E-state index contributed by atoms with van der Waals surface area (Å²) in [7, 11) is 0. The van der Waals surface area contributed by atoms with Gasteiger partial charge in [-0.05, 0) is 45.0 Å². The first-order valence-electron chi connectivity index (χ1n) is 5.89. The molecule has 104 valence electrons. The Morgan fingerprint density at radius 2 is 1.89 bits per heavy atom. The fraction of sp³-hybridized carbons (Fsp3) is 0.357. The minimum atomic E-state index is -0.770. The molecule has 0 heterocycles. The van der Waals surface area contributed by atoms with Crippen molar-refractivity contribution in [1.29, 1.82) is 0 Å². The van der Waals surface area contributed by atoms with Gasteiger partial charge in [0.25, 0.3) is 0 Å². The van der Waals surface area contributed by atoms with Crippen molar-refractivity contribution in [2.75, 3.05) is 12.3 Å². The first-order chi connectivity index (χ1) is 8.78. The molecule has 0 radical (unpaired) electrons. The van der Waals surface area contributed by atoms with Gasteiger partial charge in [0.1, 0.15) is 18.0 Å². The number of ether oxygens (including phenoxy) is 2. The van der Waals surface area contributed by atoms with E-state index in [4.69, 9.17) is 15.2 Å². The third-order valence-corrected chi connectivity index (χ3v) is 2.01. The van der Waals surface area contributed by atoms with Crippen LogP contribution in [0, 0.1) is 0 Å². The number of nitrogen functional groups attached to an aromatic ring is 1. The maximum atomic E-state index is 11.4. The van der Waals surface area contributed by atoms with Crippen molar-refractivity contribution >= 4 is 11.7 Å². The summed E-state index contributed by atoms with van der Waals surface area (Å²) in [5.74, 6) is -0.638. The number of aliphatic hydroxyl groups is 1. The number of benzene rings is 1. The van der Waals surface area contributed by atoms with Gasteiger partial charge >= 0.3 is 5.97 Å². The van der Waals surface area contributed by atoms with Gasteiger partial charge in [0.2, 0.25) is 5.76 Å². The molecule has 5 heteroatoms. The van der Waals surface area contributed by atoms with E-state index in [0.29, 0.717) is 11.4 Å². The zero-order valence-corrected chi connectivity index (χ0v) is 11.3. The molecule has 0 unspecified atom stereocenters. The topological polar surface area (TPSA) is 81.8 Å². The van der Waals surface area contributed by atoms with Crippen molar-refractivity contribution in [2.24, 2.45) is 0 Å². The van der Waals surface area contributed by atoms with E-state index in [1.165, 1.54) is 6.08 Å². The van der Waals surface area contributed by atoms with Gasteiger partial charge in [0.05, 0.1) is 0 Å². The van der Waals surface area contributed by atoms with Gasteiger partial charge in [-0.1, -0.05) is 0 Å². The Balaban J connectivity index is 2.48. The van der Waals surface area contributed by atoms with Crippen molar-refractivity contribution in [3.63, 3.8) is 0 Å². The van der Waals surface area contributed by atoms with Crippen LogP contribution in [0.3, 0.4) is 0 Å². The lowest BCUT2D eigenvalue weighted by atomic mass is 10.2. The molecule has 19 heavy (non-hydrogen) atoms. The Labute approximate surface area is 112 Å². The third kappa shape index (κ3) is 5.81. The molecule has 0 amide bonds. The highest BCUT2D eigenvalue weighted by atomic mass is 16.6. The van der Waals surface area contributed by atoms with Crippen LogP contribution in [0.5, 0.6) is 5.75 Å². The summed E-state index contributed by atoms with van der Waals surface area (Å²) in [6.45, 7) is 5.24. The highest BCUT2D eigenvalue weighted by Gasteiger charge is 2.18. The van der Waals surface area contributed by atoms with Crippen LogP contribution in [0.25, 0.3) is 0 Å². The maximum Gasteiger partial charge on any atom is 0.373 e. The van der Waals surface area contributed by atoms with Gasteiger partial charge < -0.3 is 20.3 Å². The Bertz CT molecular complexity index is 457. The number of nitrogens with two attached hydrogens (primary N) is 1. The highest BCUT2D eigenvalue weighted by molar-refractivity contribution is 5.86. The molecule has 0 aliphatic rings. The van der Waals surface area contributed by atoms with Crippen LogP contribution in [0.1, 0.15) is 20.8 Å². The molecule has 5 nitrogen and oxygen atoms in total. The Hall–Kier alpha value is -2.17. The van der Waals surface area contributed by atoms with Crippen molar-refractivity contribution in [3.8, 4) is 5.75 Å². The van der Waals surface area contributed by atoms with Crippen LogP contribution in [0.15, 0.2) is 36.1 Å². The molecule has 0 aromatic heterocycles. The summed E-state index contributed by atoms with van der Waals surface area (Å²) >= 11 is 0. The Morgan fingerprint density at radius 1 is 1.32 bits per heavy atom. The molecule has 0 bridgehead atoms. The first-order valence-corrected chi connectivity index (χ1v) is 5.89. The third-order valence-electron chi connectivity index (χ3n) is 2.01. The van der Waals surface area contributed by atoms with Gasteiger partial charge in [0, 0.05) is 11.8 Å². The molecule has 1 aromatic carbocycles. The number of carbonyl (C=O) groups is 1. The van der Waals surface area contributed by atoms with E-state index in [1.807, 2.05) is 0 Å². The molecule has 1 rings (SSSR count). The van der Waals surface area contributed by atoms with Crippen molar-refractivity contribution in [2.45, 2.75) is 26.4 Å². The smallest absolute Gasteiger partial charge is 0.373 e. The summed E-state index contributed by atoms with van der Waals surface area (Å²) in [4.78, 5) is 11.4. The van der Waals surface area contributed by atoms with Crippen molar-refractivity contribution in [3.05, 3.63) is 36.1 Å². The van der Waals surface area contributed by atoms with Gasteiger partial charge in [-0.2, -0.15) is 0 Å². The van der Waals surface area contributed by atoms with Crippen LogP contribution in [-0.2, 0) is 9.53 Å². The summed E-state index contributed by atoms with van der Waals surface area (Å²) < 4.78 is 10.3. The van der Waals surface area contributed by atoms with Gasteiger partial charge in [-0.3, -0.25) is 0 Å². The van der Waals surface area contributed by atoms with E-state index in [1.54, 1.807) is 45.0 Å². The van der Waals surface area contributed by atoms with Crippen molar-refractivity contribution in [1.82, 2.24) is 0 Å². The molecule has 0 atom stereocenters. The normalized spacial score (nSPS) is 12.1. The Kier molecular flexibility index (Phi) is 4.80. The van der Waals surface area contributed by atoms with E-state index in [-0.39, 0.29) is 6.61 Å². The van der Waals surface area contributed by atoms with Crippen LogP contribution in [0.2, 0.25) is 0 Å². The number of hydrogen-bond acceptors (Lipinski definition) is 5. The summed E-state index contributed by atoms with van der Waals surface area (Å²) in [5.41, 5.74) is 5.53. The quantitative estimate of drug-likeness (QED) is 0.378. The number of anilines is 1. The average Bonchev–Trinajstić information content (AvgIpc) is 2.29. The molecule has 0 aliphatic heterocycles. The van der Waals surface area contributed by atoms with Crippen LogP contribution in [0.4, 0.5) is 5.69 Å². The lowest BCUT2D eigenvalue weighted by Crippen LogP contribution is -2.25. The van der Waals surface area contributed by atoms with E-state index < -0.39 is 17.3 Å². The summed E-state index contributed by atoms with van der Waals surface area (Å²) in [6.07, 6.45) is 1.25. The predicted molar refractivity (Wildman–Crippen MR) is 72.9 cm³/mol. The number of esters is 1. The van der Waals surface area contributed by atoms with E-state index >= 15 is 0 Å². The second-order valence-corrected chi connectivity index (χ2v) is 4.97. The van der Waals surface area contributed by atoms with Gasteiger partial charge in [-0.25, -0.2) is 4.79 Å². The van der Waals surface area contributed by atoms with E-state index in [9.17, 15) is 9.90 Å². The molecular weight excluding hydrogens is 246 g/mol. The minimum absolute atomic E-state index is 0.0645. The predicted octanol–water partition coefficient (Wildman–Crippen LogP) is 2.43. The van der Waals surface area contributed by atoms with Crippen LogP contribution in [-0.4, -0.2) is 23.3 Å². The average molecular weight is 265 g/mol. The first kappa shape index (κ1) is 14.9. The fourth-order valence-corrected chi connectivity index (χ4v) is 1.19. The van der Waals surface area contributed by atoms with Gasteiger partial charge in [0.15, 0.2) is 0 Å². The number of carbonyl (C=O) groups excluding carboxylic acids is 1. The lowest BCUT2D eigenvalue weighted by molar-refractivity contribution is -0.153. The molecule has 3 N–H and O–H groups in total. The second-order valence-electron chi connectivity index (χ2n) is 4.97.